The Morgan fingerprint density at radius 3 is 1.93 bits per heavy atom. The summed E-state index contributed by atoms with van der Waals surface area (Å²) in [5.41, 5.74) is 7.86. The van der Waals surface area contributed by atoms with Gasteiger partial charge in [-0.05, 0) is 83.5 Å². The van der Waals surface area contributed by atoms with Crippen LogP contribution in [0.1, 0.15) is 74.8 Å². The number of hydrogen-bond acceptors (Lipinski definition) is 3. The first-order valence-corrected chi connectivity index (χ1v) is 16.1. The maximum atomic E-state index is 12.8. The Bertz CT molecular complexity index is 1900. The van der Waals surface area contributed by atoms with Gasteiger partial charge in [-0.3, -0.25) is 4.79 Å². The predicted octanol–water partition coefficient (Wildman–Crippen LogP) is 9.56. The molecule has 0 amide bonds. The number of nitrogens with zero attached hydrogens (tertiary/aromatic N) is 2. The molecule has 0 radical (unpaired) electrons. The molecular weight excluding hydrogens is 599 g/mol. The van der Waals surface area contributed by atoms with Gasteiger partial charge in [0.1, 0.15) is 11.9 Å². The topological polar surface area (TPSA) is 55.1 Å². The van der Waals surface area contributed by atoms with Crippen molar-refractivity contribution >= 4 is 40.0 Å². The summed E-state index contributed by atoms with van der Waals surface area (Å²) >= 11 is 12.5. The molecule has 6 aromatic rings. The van der Waals surface area contributed by atoms with Gasteiger partial charge in [0.15, 0.2) is 5.78 Å². The number of halogens is 2. The molecule has 4 nitrogen and oxygen atoms in total. The van der Waals surface area contributed by atoms with Crippen LogP contribution in [0.2, 0.25) is 10.0 Å². The van der Waals surface area contributed by atoms with Crippen molar-refractivity contribution in [3.63, 3.8) is 0 Å². The van der Waals surface area contributed by atoms with E-state index in [1.54, 1.807) is 24.3 Å². The van der Waals surface area contributed by atoms with E-state index in [4.69, 9.17) is 28.2 Å². The van der Waals surface area contributed by atoms with Gasteiger partial charge in [0.05, 0.1) is 11.0 Å². The lowest BCUT2D eigenvalue weighted by Crippen LogP contribution is -2.12. The van der Waals surface area contributed by atoms with Crippen LogP contribution in [0.5, 0.6) is 0 Å². The number of ketones is 1. The van der Waals surface area contributed by atoms with Crippen LogP contribution in [0.25, 0.3) is 11.0 Å². The van der Waals surface area contributed by atoms with Crippen molar-refractivity contribution in [2.24, 2.45) is 0 Å². The van der Waals surface area contributed by atoms with Crippen LogP contribution in [0.4, 0.5) is 0 Å². The van der Waals surface area contributed by atoms with Gasteiger partial charge in [-0.15, -0.1) is 0 Å². The maximum Gasteiger partial charge on any atom is 0.195 e. The molecule has 1 fully saturated rings. The monoisotopic (exact) mass is 630 g/mol. The maximum absolute atomic E-state index is 12.8. The third-order valence-electron chi connectivity index (χ3n) is 8.71. The Labute approximate surface area is 272 Å². The Balaban J connectivity index is 1.18. The van der Waals surface area contributed by atoms with Gasteiger partial charge in [0, 0.05) is 34.0 Å². The number of carbonyl (C=O) groups excluding carboxylic acids is 1. The van der Waals surface area contributed by atoms with E-state index in [0.717, 1.165) is 59.4 Å². The molecule has 1 aliphatic rings. The first-order chi connectivity index (χ1) is 21.9. The minimum absolute atomic E-state index is 0.00854. The zero-order valence-electron chi connectivity index (χ0n) is 24.6. The van der Waals surface area contributed by atoms with E-state index in [-0.39, 0.29) is 11.7 Å². The number of aliphatic hydroxyl groups is 1. The molecule has 45 heavy (non-hydrogen) atoms. The number of fused-ring (bicyclic) bond motifs is 1. The second-order valence-electron chi connectivity index (χ2n) is 11.8. The van der Waals surface area contributed by atoms with Gasteiger partial charge in [-0.25, -0.2) is 4.98 Å². The molecule has 224 valence electrons. The van der Waals surface area contributed by atoms with Gasteiger partial charge in [0.25, 0.3) is 0 Å². The highest BCUT2D eigenvalue weighted by Gasteiger charge is 2.30. The first-order valence-electron chi connectivity index (χ1n) is 15.3. The number of hydrogen-bond donors (Lipinski definition) is 1. The molecule has 7 rings (SSSR count). The average Bonchev–Trinajstić information content (AvgIpc) is 3.86. The smallest absolute Gasteiger partial charge is 0.195 e. The lowest BCUT2D eigenvalue weighted by atomic mass is 9.85. The second-order valence-corrected chi connectivity index (χ2v) is 12.7. The summed E-state index contributed by atoms with van der Waals surface area (Å²) in [6, 6.07) is 39.4. The van der Waals surface area contributed by atoms with E-state index in [9.17, 15) is 9.90 Å². The van der Waals surface area contributed by atoms with Crippen molar-refractivity contribution in [2.45, 2.75) is 43.7 Å². The van der Waals surface area contributed by atoms with Gasteiger partial charge < -0.3 is 9.67 Å². The number of imidazole rings is 1. The largest absolute Gasteiger partial charge is 0.380 e. The lowest BCUT2D eigenvalue weighted by Gasteiger charge is -2.20. The molecule has 1 unspecified atom stereocenters. The fraction of sp³-hybridized carbons (Fsp3) is 0.179. The van der Waals surface area contributed by atoms with Gasteiger partial charge >= 0.3 is 0 Å². The molecule has 0 saturated heterocycles. The van der Waals surface area contributed by atoms with E-state index >= 15 is 0 Å². The van der Waals surface area contributed by atoms with Crippen LogP contribution in [0.15, 0.2) is 121 Å². The third kappa shape index (κ3) is 6.32. The van der Waals surface area contributed by atoms with Gasteiger partial charge in [0.2, 0.25) is 0 Å². The minimum Gasteiger partial charge on any atom is -0.380 e. The van der Waals surface area contributed by atoms with E-state index in [0.29, 0.717) is 27.1 Å². The summed E-state index contributed by atoms with van der Waals surface area (Å²) in [5.74, 6) is 1.35. The lowest BCUT2D eigenvalue weighted by molar-refractivity contribution is 0.0747. The molecule has 0 spiro atoms. The van der Waals surface area contributed by atoms with Crippen molar-refractivity contribution in [3.05, 3.63) is 171 Å². The summed E-state index contributed by atoms with van der Waals surface area (Å²) in [6.45, 7) is 0.781. The van der Waals surface area contributed by atoms with Crippen molar-refractivity contribution in [1.29, 1.82) is 0 Å². The van der Waals surface area contributed by atoms with Gasteiger partial charge in [-0.2, -0.15) is 0 Å². The summed E-state index contributed by atoms with van der Waals surface area (Å²) in [5, 5.41) is 12.1. The highest BCUT2D eigenvalue weighted by molar-refractivity contribution is 6.30. The molecule has 1 aromatic heterocycles. The Morgan fingerprint density at radius 1 is 0.756 bits per heavy atom. The number of Topliss-reactive ketones (excluding diaryl/α,β-unsaturated/α-hetero) is 1. The van der Waals surface area contributed by atoms with Crippen LogP contribution >= 0.6 is 23.2 Å². The fourth-order valence-corrected chi connectivity index (χ4v) is 6.39. The van der Waals surface area contributed by atoms with Crippen molar-refractivity contribution < 1.29 is 9.90 Å². The number of carbonyl (C=O) groups is 1. The fourth-order valence-electron chi connectivity index (χ4n) is 6.13. The molecule has 1 aliphatic carbocycles. The quantitative estimate of drug-likeness (QED) is 0.121. The zero-order chi connectivity index (χ0) is 30.9. The highest BCUT2D eigenvalue weighted by Crippen LogP contribution is 2.42. The van der Waals surface area contributed by atoms with Gasteiger partial charge in [-0.1, -0.05) is 108 Å². The average molecular weight is 632 g/mol. The number of aromatic nitrogens is 2. The second kappa shape index (κ2) is 12.6. The summed E-state index contributed by atoms with van der Waals surface area (Å²) in [7, 11) is 0. The van der Waals surface area contributed by atoms with Crippen molar-refractivity contribution in [3.8, 4) is 0 Å². The summed E-state index contributed by atoms with van der Waals surface area (Å²) in [6.07, 6.45) is 1.94. The Kier molecular flexibility index (Phi) is 8.29. The molecule has 5 aromatic carbocycles. The van der Waals surface area contributed by atoms with E-state index in [1.807, 2.05) is 54.6 Å². The predicted molar refractivity (Wildman–Crippen MR) is 181 cm³/mol. The first kappa shape index (κ1) is 29.5. The van der Waals surface area contributed by atoms with E-state index in [2.05, 4.69) is 47.0 Å². The molecule has 1 N–H and O–H groups in total. The molecule has 1 heterocycles. The van der Waals surface area contributed by atoms with Crippen LogP contribution in [0, 0.1) is 0 Å². The molecular formula is C39H32Cl2N2O2. The highest BCUT2D eigenvalue weighted by atomic mass is 35.5. The molecule has 6 heteroatoms. The van der Waals surface area contributed by atoms with Crippen LogP contribution in [0.3, 0.4) is 0 Å². The number of aliphatic hydroxyl groups excluding tert-OH is 1. The summed E-state index contributed by atoms with van der Waals surface area (Å²) < 4.78 is 2.39. The number of aryl methyl sites for hydroxylation is 2. The number of benzene rings is 5. The zero-order valence-corrected chi connectivity index (χ0v) is 26.1. The van der Waals surface area contributed by atoms with Crippen LogP contribution in [-0.4, -0.2) is 20.4 Å². The number of rotatable bonds is 10. The molecule has 1 saturated carbocycles. The summed E-state index contributed by atoms with van der Waals surface area (Å²) in [4.78, 5) is 17.9. The van der Waals surface area contributed by atoms with Crippen LogP contribution in [-0.2, 0) is 13.0 Å². The Morgan fingerprint density at radius 2 is 1.33 bits per heavy atom. The minimum atomic E-state index is -1.19. The molecule has 1 atom stereocenters. The normalized spacial score (nSPS) is 13.8. The van der Waals surface area contributed by atoms with Crippen molar-refractivity contribution in [2.75, 3.05) is 0 Å². The SMILES string of the molecule is O=C(c1ccccc1)C(O)c1ccc(CCn2c(C3CC3)nc3ccc(C(c4ccc(Cl)cc4)c4ccc(Cl)cc4)cc32)cc1. The van der Waals surface area contributed by atoms with E-state index in [1.165, 1.54) is 5.56 Å². The molecule has 0 aliphatic heterocycles. The van der Waals surface area contributed by atoms with E-state index < -0.39 is 6.10 Å². The van der Waals surface area contributed by atoms with Crippen molar-refractivity contribution in [1.82, 2.24) is 9.55 Å². The van der Waals surface area contributed by atoms with Crippen LogP contribution < -0.4 is 0 Å². The molecule has 0 bridgehead atoms. The standard InChI is InChI=1S/C39H32Cl2N2O2/c40-32-17-12-26(13-18-32)36(27-14-19-33(41)20-15-27)31-16-21-34-35(24-31)43(39(42-34)30-10-11-30)23-22-25-6-8-29(9-7-25)38(45)37(44)28-4-2-1-3-5-28/h1-9,12-21,24,30,36,38,45H,10-11,22-23H2. The third-order valence-corrected chi connectivity index (χ3v) is 9.21. The Hall–Kier alpha value is -4.22.